The van der Waals surface area contributed by atoms with Crippen LogP contribution in [-0.4, -0.2) is 32.4 Å². The van der Waals surface area contributed by atoms with Gasteiger partial charge < -0.3 is 19.3 Å². The Kier molecular flexibility index (Phi) is 5.73. The van der Waals surface area contributed by atoms with Crippen LogP contribution in [0.1, 0.15) is 18.4 Å². The standard InChI is InChI=1S/C14H18O5/c1-17-11-9-13(19-3)12(18-2)8-10(11)6-4-5-7-14(15)16/h4,6,8-9H,5,7H2,1-3H3,(H,15,16)/b6-4+. The molecule has 0 bridgehead atoms. The van der Waals surface area contributed by atoms with Gasteiger partial charge in [0.2, 0.25) is 0 Å². The van der Waals surface area contributed by atoms with Crippen molar-refractivity contribution in [1.82, 2.24) is 0 Å². The molecule has 0 fully saturated rings. The quantitative estimate of drug-likeness (QED) is 0.821. The molecular weight excluding hydrogens is 248 g/mol. The van der Waals surface area contributed by atoms with Gasteiger partial charge in [-0.3, -0.25) is 4.79 Å². The summed E-state index contributed by atoms with van der Waals surface area (Å²) in [5.41, 5.74) is 0.811. The lowest BCUT2D eigenvalue weighted by molar-refractivity contribution is -0.136. The minimum atomic E-state index is -0.816. The van der Waals surface area contributed by atoms with Crippen molar-refractivity contribution in [1.29, 1.82) is 0 Å². The lowest BCUT2D eigenvalue weighted by atomic mass is 10.1. The average Bonchev–Trinajstić information content (AvgIpc) is 2.42. The van der Waals surface area contributed by atoms with Crippen molar-refractivity contribution in [3.63, 3.8) is 0 Å². The Morgan fingerprint density at radius 3 is 2.21 bits per heavy atom. The first-order valence-corrected chi connectivity index (χ1v) is 5.80. The second-order valence-electron chi connectivity index (χ2n) is 3.78. The highest BCUT2D eigenvalue weighted by Crippen LogP contribution is 2.35. The van der Waals surface area contributed by atoms with Gasteiger partial charge in [-0.05, 0) is 12.5 Å². The second kappa shape index (κ2) is 7.31. The highest BCUT2D eigenvalue weighted by atomic mass is 16.5. The summed E-state index contributed by atoms with van der Waals surface area (Å²) in [4.78, 5) is 10.4. The van der Waals surface area contributed by atoms with Crippen molar-refractivity contribution in [3.8, 4) is 17.2 Å². The zero-order valence-corrected chi connectivity index (χ0v) is 11.3. The van der Waals surface area contributed by atoms with Gasteiger partial charge in [0.05, 0.1) is 21.3 Å². The smallest absolute Gasteiger partial charge is 0.303 e. The topological polar surface area (TPSA) is 65.0 Å². The molecule has 1 aromatic carbocycles. The number of carboxylic acid groups (broad SMARTS) is 1. The summed E-state index contributed by atoms with van der Waals surface area (Å²) in [6.07, 6.45) is 4.17. The molecule has 104 valence electrons. The van der Waals surface area contributed by atoms with Crippen molar-refractivity contribution < 1.29 is 24.1 Å². The van der Waals surface area contributed by atoms with E-state index >= 15 is 0 Å². The summed E-state index contributed by atoms with van der Waals surface area (Å²) in [6, 6.07) is 3.52. The fourth-order valence-electron chi connectivity index (χ4n) is 1.60. The number of methoxy groups -OCH3 is 3. The number of hydrogen-bond acceptors (Lipinski definition) is 4. The molecule has 0 spiro atoms. The maximum Gasteiger partial charge on any atom is 0.303 e. The van der Waals surface area contributed by atoms with Crippen LogP contribution in [0.15, 0.2) is 18.2 Å². The Labute approximate surface area is 112 Å². The van der Waals surface area contributed by atoms with E-state index in [0.717, 1.165) is 5.56 Å². The Bertz CT molecular complexity index is 465. The maximum absolute atomic E-state index is 10.4. The number of aliphatic carboxylic acids is 1. The zero-order valence-electron chi connectivity index (χ0n) is 11.3. The highest BCUT2D eigenvalue weighted by Gasteiger charge is 2.09. The van der Waals surface area contributed by atoms with Gasteiger partial charge in [0, 0.05) is 18.1 Å². The van der Waals surface area contributed by atoms with Crippen molar-refractivity contribution in [3.05, 3.63) is 23.8 Å². The van der Waals surface area contributed by atoms with Gasteiger partial charge in [0.25, 0.3) is 0 Å². The second-order valence-corrected chi connectivity index (χ2v) is 3.78. The van der Waals surface area contributed by atoms with Gasteiger partial charge in [-0.15, -0.1) is 0 Å². The first-order chi connectivity index (χ1) is 9.12. The summed E-state index contributed by atoms with van der Waals surface area (Å²) in [7, 11) is 4.68. The first-order valence-electron chi connectivity index (χ1n) is 5.80. The summed E-state index contributed by atoms with van der Waals surface area (Å²) in [5.74, 6) is 1.01. The van der Waals surface area contributed by atoms with Crippen LogP contribution in [-0.2, 0) is 4.79 Å². The lowest BCUT2D eigenvalue weighted by Crippen LogP contribution is -1.94. The van der Waals surface area contributed by atoms with Crippen molar-refractivity contribution >= 4 is 12.0 Å². The minimum absolute atomic E-state index is 0.103. The number of allylic oxidation sites excluding steroid dienone is 1. The molecular formula is C14H18O5. The summed E-state index contributed by atoms with van der Waals surface area (Å²) in [6.45, 7) is 0. The van der Waals surface area contributed by atoms with Crippen molar-refractivity contribution in [2.24, 2.45) is 0 Å². The molecule has 0 aliphatic carbocycles. The normalized spacial score (nSPS) is 10.5. The number of ether oxygens (including phenoxy) is 3. The third-order valence-electron chi connectivity index (χ3n) is 2.56. The SMILES string of the molecule is COc1cc(OC)c(OC)cc1/C=C/CCC(=O)O. The molecule has 0 unspecified atom stereocenters. The van der Waals surface area contributed by atoms with Gasteiger partial charge in [-0.25, -0.2) is 0 Å². The maximum atomic E-state index is 10.4. The van der Waals surface area contributed by atoms with E-state index < -0.39 is 5.97 Å². The molecule has 1 rings (SSSR count). The Hall–Kier alpha value is -2.17. The highest BCUT2D eigenvalue weighted by molar-refractivity contribution is 5.67. The fourth-order valence-corrected chi connectivity index (χ4v) is 1.60. The largest absolute Gasteiger partial charge is 0.496 e. The minimum Gasteiger partial charge on any atom is -0.496 e. The molecule has 0 radical (unpaired) electrons. The van der Waals surface area contributed by atoms with Crippen molar-refractivity contribution in [2.45, 2.75) is 12.8 Å². The average molecular weight is 266 g/mol. The fraction of sp³-hybridized carbons (Fsp3) is 0.357. The number of carboxylic acids is 1. The van der Waals surface area contributed by atoms with E-state index in [1.54, 1.807) is 39.5 Å². The number of rotatable bonds is 7. The lowest BCUT2D eigenvalue weighted by Gasteiger charge is -2.12. The van der Waals surface area contributed by atoms with E-state index in [4.69, 9.17) is 19.3 Å². The third kappa shape index (κ3) is 4.21. The van der Waals surface area contributed by atoms with Crippen LogP contribution in [0.3, 0.4) is 0 Å². The molecule has 0 amide bonds. The molecule has 5 nitrogen and oxygen atoms in total. The molecule has 1 N–H and O–H groups in total. The van der Waals surface area contributed by atoms with Crippen LogP contribution in [0.2, 0.25) is 0 Å². The summed E-state index contributed by atoms with van der Waals surface area (Å²) >= 11 is 0. The molecule has 0 saturated carbocycles. The van der Waals surface area contributed by atoms with Crippen LogP contribution in [0.25, 0.3) is 6.08 Å². The predicted molar refractivity (Wildman–Crippen MR) is 72.0 cm³/mol. The summed E-state index contributed by atoms with van der Waals surface area (Å²) < 4.78 is 15.7. The third-order valence-corrected chi connectivity index (χ3v) is 2.56. The van der Waals surface area contributed by atoms with E-state index in [2.05, 4.69) is 0 Å². The molecule has 0 saturated heterocycles. The van der Waals surface area contributed by atoms with Crippen LogP contribution in [0, 0.1) is 0 Å². The van der Waals surface area contributed by atoms with Gasteiger partial charge in [0.15, 0.2) is 11.5 Å². The Morgan fingerprint density at radius 2 is 1.68 bits per heavy atom. The molecule has 1 aromatic rings. The molecule has 0 aliphatic rings. The molecule has 19 heavy (non-hydrogen) atoms. The summed E-state index contributed by atoms with van der Waals surface area (Å²) in [5, 5.41) is 8.57. The van der Waals surface area contributed by atoms with Gasteiger partial charge in [-0.1, -0.05) is 12.2 Å². The van der Waals surface area contributed by atoms with E-state index in [1.165, 1.54) is 0 Å². The molecule has 0 aliphatic heterocycles. The zero-order chi connectivity index (χ0) is 14.3. The van der Waals surface area contributed by atoms with E-state index in [0.29, 0.717) is 23.7 Å². The Morgan fingerprint density at radius 1 is 1.11 bits per heavy atom. The van der Waals surface area contributed by atoms with Crippen LogP contribution >= 0.6 is 0 Å². The van der Waals surface area contributed by atoms with E-state index in [9.17, 15) is 4.79 Å². The number of benzene rings is 1. The first kappa shape index (κ1) is 14.9. The van der Waals surface area contributed by atoms with Gasteiger partial charge in [-0.2, -0.15) is 0 Å². The van der Waals surface area contributed by atoms with Crippen LogP contribution in [0.4, 0.5) is 0 Å². The molecule has 5 heteroatoms. The van der Waals surface area contributed by atoms with Gasteiger partial charge >= 0.3 is 5.97 Å². The Balaban J connectivity index is 2.95. The van der Waals surface area contributed by atoms with E-state index in [1.807, 2.05) is 6.08 Å². The van der Waals surface area contributed by atoms with Crippen molar-refractivity contribution in [2.75, 3.05) is 21.3 Å². The number of hydrogen-bond donors (Lipinski definition) is 1. The molecule has 0 aromatic heterocycles. The van der Waals surface area contributed by atoms with Gasteiger partial charge in [0.1, 0.15) is 5.75 Å². The monoisotopic (exact) mass is 266 g/mol. The molecule has 0 atom stereocenters. The predicted octanol–water partition coefficient (Wildman–Crippen LogP) is 2.59. The van der Waals surface area contributed by atoms with Crippen LogP contribution in [0.5, 0.6) is 17.2 Å². The molecule has 0 heterocycles. The van der Waals surface area contributed by atoms with E-state index in [-0.39, 0.29) is 6.42 Å². The number of carbonyl (C=O) groups is 1. The van der Waals surface area contributed by atoms with Crippen LogP contribution < -0.4 is 14.2 Å².